The van der Waals surface area contributed by atoms with Crippen molar-refractivity contribution in [3.8, 4) is 23.1 Å². The summed E-state index contributed by atoms with van der Waals surface area (Å²) in [6.07, 6.45) is 3.99. The Bertz CT molecular complexity index is 744. The molecule has 1 N–H and O–H groups in total. The van der Waals surface area contributed by atoms with Gasteiger partial charge in [-0.05, 0) is 19.4 Å². The zero-order valence-corrected chi connectivity index (χ0v) is 12.0. The number of nitrogens with zero attached hydrogens (tertiary/aromatic N) is 5. The normalized spacial score (nSPS) is 18.5. The molecule has 4 rings (SSSR count). The third-order valence-electron chi connectivity index (χ3n) is 3.80. The van der Waals surface area contributed by atoms with Gasteiger partial charge in [-0.2, -0.15) is 4.98 Å². The van der Waals surface area contributed by atoms with Gasteiger partial charge in [0.25, 0.3) is 5.89 Å². The molecule has 3 aromatic rings. The minimum atomic E-state index is 0.339. The summed E-state index contributed by atoms with van der Waals surface area (Å²) in [5, 5.41) is 11.8. The highest BCUT2D eigenvalue weighted by Gasteiger charge is 2.19. The largest absolute Gasteiger partial charge is 0.330 e. The molecule has 0 radical (unpaired) electrons. The third kappa shape index (κ3) is 2.50. The van der Waals surface area contributed by atoms with Crippen LogP contribution in [-0.2, 0) is 0 Å². The molecule has 7 heteroatoms. The van der Waals surface area contributed by atoms with E-state index in [1.165, 1.54) is 0 Å². The van der Waals surface area contributed by atoms with E-state index in [-0.39, 0.29) is 0 Å². The highest BCUT2D eigenvalue weighted by atomic mass is 16.5. The molecule has 2 aromatic heterocycles. The van der Waals surface area contributed by atoms with Crippen LogP contribution in [0.25, 0.3) is 23.1 Å². The molecule has 7 nitrogen and oxygen atoms in total. The predicted molar refractivity (Wildman–Crippen MR) is 79.9 cm³/mol. The van der Waals surface area contributed by atoms with Gasteiger partial charge >= 0.3 is 0 Å². The van der Waals surface area contributed by atoms with Gasteiger partial charge in [-0.15, -0.1) is 5.10 Å². The van der Waals surface area contributed by atoms with Crippen LogP contribution in [-0.4, -0.2) is 38.0 Å². The fourth-order valence-electron chi connectivity index (χ4n) is 2.63. The van der Waals surface area contributed by atoms with E-state index in [0.29, 0.717) is 23.6 Å². The second-order valence-electron chi connectivity index (χ2n) is 5.34. The van der Waals surface area contributed by atoms with Crippen LogP contribution in [0.15, 0.2) is 41.2 Å². The van der Waals surface area contributed by atoms with Gasteiger partial charge in [0.05, 0.1) is 6.04 Å². The first kappa shape index (κ1) is 13.1. The van der Waals surface area contributed by atoms with Crippen molar-refractivity contribution in [1.82, 2.24) is 30.2 Å². The Morgan fingerprint density at radius 2 is 2.09 bits per heavy atom. The fourth-order valence-corrected chi connectivity index (χ4v) is 2.63. The fraction of sp³-hybridized carbons (Fsp3) is 0.333. The van der Waals surface area contributed by atoms with E-state index in [0.717, 1.165) is 31.5 Å². The van der Waals surface area contributed by atoms with E-state index in [1.54, 1.807) is 6.33 Å². The van der Waals surface area contributed by atoms with Gasteiger partial charge in [-0.1, -0.05) is 35.5 Å². The average molecular weight is 296 g/mol. The van der Waals surface area contributed by atoms with Crippen molar-refractivity contribution in [3.05, 3.63) is 36.7 Å². The Hall–Kier alpha value is -2.54. The number of hydrogen-bond acceptors (Lipinski definition) is 6. The van der Waals surface area contributed by atoms with Crippen molar-refractivity contribution in [2.75, 3.05) is 13.1 Å². The van der Waals surface area contributed by atoms with Crippen LogP contribution in [0, 0.1) is 0 Å². The SMILES string of the molecule is c1ccc(-c2noc(-c3ncn(C4CCCNC4)n3)n2)cc1. The number of rotatable bonds is 3. The second-order valence-corrected chi connectivity index (χ2v) is 5.34. The lowest BCUT2D eigenvalue weighted by Crippen LogP contribution is -2.31. The van der Waals surface area contributed by atoms with E-state index in [9.17, 15) is 0 Å². The van der Waals surface area contributed by atoms with Gasteiger partial charge in [0.15, 0.2) is 0 Å². The molecule has 112 valence electrons. The average Bonchev–Trinajstić information content (AvgIpc) is 3.26. The Morgan fingerprint density at radius 3 is 2.91 bits per heavy atom. The minimum Gasteiger partial charge on any atom is -0.330 e. The van der Waals surface area contributed by atoms with Gasteiger partial charge < -0.3 is 9.84 Å². The van der Waals surface area contributed by atoms with Crippen LogP contribution in [0.5, 0.6) is 0 Å². The Labute approximate surface area is 127 Å². The molecular formula is C15H16N6O. The number of nitrogens with one attached hydrogen (secondary N) is 1. The summed E-state index contributed by atoms with van der Waals surface area (Å²) in [6.45, 7) is 1.99. The number of hydrogen-bond donors (Lipinski definition) is 1. The molecule has 3 heterocycles. The molecule has 0 saturated carbocycles. The van der Waals surface area contributed by atoms with Gasteiger partial charge in [0.1, 0.15) is 6.33 Å². The van der Waals surface area contributed by atoms with Crippen LogP contribution in [0.2, 0.25) is 0 Å². The zero-order chi connectivity index (χ0) is 14.8. The molecule has 0 amide bonds. The second kappa shape index (κ2) is 5.69. The first-order valence-electron chi connectivity index (χ1n) is 7.41. The highest BCUT2D eigenvalue weighted by Crippen LogP contribution is 2.21. The number of aromatic nitrogens is 5. The molecule has 0 spiro atoms. The van der Waals surface area contributed by atoms with Crippen molar-refractivity contribution in [3.63, 3.8) is 0 Å². The molecule has 0 bridgehead atoms. The third-order valence-corrected chi connectivity index (χ3v) is 3.80. The lowest BCUT2D eigenvalue weighted by molar-refractivity contribution is 0.345. The molecule has 1 aliphatic heterocycles. The van der Waals surface area contributed by atoms with Crippen LogP contribution < -0.4 is 5.32 Å². The maximum absolute atomic E-state index is 5.29. The summed E-state index contributed by atoms with van der Waals surface area (Å²) in [5.41, 5.74) is 0.911. The van der Waals surface area contributed by atoms with Crippen LogP contribution >= 0.6 is 0 Å². The van der Waals surface area contributed by atoms with Crippen molar-refractivity contribution < 1.29 is 4.52 Å². The highest BCUT2D eigenvalue weighted by molar-refractivity contribution is 5.56. The molecule has 1 aliphatic rings. The van der Waals surface area contributed by atoms with Gasteiger partial charge in [-0.3, -0.25) is 0 Å². The Balaban J connectivity index is 1.58. The molecular weight excluding hydrogens is 280 g/mol. The van der Waals surface area contributed by atoms with Crippen LogP contribution in [0.4, 0.5) is 0 Å². The standard InChI is InChI=1S/C15H16N6O/c1-2-5-11(6-3-1)13-18-15(22-20-13)14-17-10-21(19-14)12-7-4-8-16-9-12/h1-3,5-6,10,12,16H,4,7-9H2. The number of piperidine rings is 1. The zero-order valence-electron chi connectivity index (χ0n) is 12.0. The van der Waals surface area contributed by atoms with E-state index >= 15 is 0 Å². The summed E-state index contributed by atoms with van der Waals surface area (Å²) in [4.78, 5) is 8.67. The van der Waals surface area contributed by atoms with E-state index in [4.69, 9.17) is 4.52 Å². The van der Waals surface area contributed by atoms with Crippen molar-refractivity contribution in [1.29, 1.82) is 0 Å². The number of benzene rings is 1. The Kier molecular flexibility index (Phi) is 3.40. The summed E-state index contributed by atoms with van der Waals surface area (Å²) >= 11 is 0. The van der Waals surface area contributed by atoms with E-state index in [2.05, 4.69) is 25.5 Å². The quantitative estimate of drug-likeness (QED) is 0.795. The molecule has 1 saturated heterocycles. The van der Waals surface area contributed by atoms with Crippen molar-refractivity contribution in [2.24, 2.45) is 0 Å². The summed E-state index contributed by atoms with van der Waals surface area (Å²) in [7, 11) is 0. The van der Waals surface area contributed by atoms with E-state index in [1.807, 2.05) is 35.0 Å². The molecule has 22 heavy (non-hydrogen) atoms. The maximum atomic E-state index is 5.29. The molecule has 1 unspecified atom stereocenters. The van der Waals surface area contributed by atoms with E-state index < -0.39 is 0 Å². The topological polar surface area (TPSA) is 81.7 Å². The van der Waals surface area contributed by atoms with Gasteiger partial charge in [-0.25, -0.2) is 9.67 Å². The van der Waals surface area contributed by atoms with Crippen LogP contribution in [0.1, 0.15) is 18.9 Å². The summed E-state index contributed by atoms with van der Waals surface area (Å²) in [6, 6.07) is 10.0. The minimum absolute atomic E-state index is 0.339. The maximum Gasteiger partial charge on any atom is 0.297 e. The van der Waals surface area contributed by atoms with Crippen molar-refractivity contribution in [2.45, 2.75) is 18.9 Å². The first-order chi connectivity index (χ1) is 10.9. The summed E-state index contributed by atoms with van der Waals surface area (Å²) in [5.74, 6) is 1.37. The molecule has 1 atom stereocenters. The van der Waals surface area contributed by atoms with Crippen LogP contribution in [0.3, 0.4) is 0 Å². The predicted octanol–water partition coefficient (Wildman–Crippen LogP) is 1.92. The smallest absolute Gasteiger partial charge is 0.297 e. The summed E-state index contributed by atoms with van der Waals surface area (Å²) < 4.78 is 7.17. The molecule has 1 aromatic carbocycles. The Morgan fingerprint density at radius 1 is 1.18 bits per heavy atom. The van der Waals surface area contributed by atoms with Crippen molar-refractivity contribution >= 4 is 0 Å². The molecule has 1 fully saturated rings. The lowest BCUT2D eigenvalue weighted by atomic mass is 10.1. The molecule has 0 aliphatic carbocycles. The first-order valence-corrected chi connectivity index (χ1v) is 7.41. The van der Waals surface area contributed by atoms with Gasteiger partial charge in [0.2, 0.25) is 11.6 Å². The lowest BCUT2D eigenvalue weighted by Gasteiger charge is -2.22. The van der Waals surface area contributed by atoms with Gasteiger partial charge in [0, 0.05) is 12.1 Å². The monoisotopic (exact) mass is 296 g/mol.